The molecule has 0 aliphatic rings. The molecule has 0 bridgehead atoms. The summed E-state index contributed by atoms with van der Waals surface area (Å²) in [6.45, 7) is 3.85. The average molecular weight is 396 g/mol. The van der Waals surface area contributed by atoms with E-state index in [0.29, 0.717) is 5.75 Å². The van der Waals surface area contributed by atoms with Crippen molar-refractivity contribution in [2.24, 2.45) is 0 Å². The Labute approximate surface area is 167 Å². The van der Waals surface area contributed by atoms with Gasteiger partial charge < -0.3 is 4.74 Å². The number of amides is 2. The fraction of sp³-hybridized carbons (Fsp3) is 0.190. The molecule has 2 aromatic carbocycles. The van der Waals surface area contributed by atoms with Crippen LogP contribution < -0.4 is 15.6 Å². The lowest BCUT2D eigenvalue weighted by Crippen LogP contribution is -2.43. The highest BCUT2D eigenvalue weighted by molar-refractivity contribution is 5.97. The number of nitrogens with one attached hydrogen (secondary N) is 2. The van der Waals surface area contributed by atoms with Gasteiger partial charge in [-0.2, -0.15) is 5.10 Å². The molecule has 0 saturated carbocycles. The Morgan fingerprint density at radius 1 is 1.07 bits per heavy atom. The van der Waals surface area contributed by atoms with Crippen molar-refractivity contribution in [2.75, 3.05) is 0 Å². The van der Waals surface area contributed by atoms with Gasteiger partial charge in [0, 0.05) is 5.69 Å². The molecule has 0 radical (unpaired) electrons. The number of ether oxygens (including phenoxy) is 1. The van der Waals surface area contributed by atoms with Crippen LogP contribution in [0.2, 0.25) is 0 Å². The normalized spacial score (nSPS) is 10.4. The van der Waals surface area contributed by atoms with Gasteiger partial charge in [-0.05, 0) is 49.7 Å². The highest BCUT2D eigenvalue weighted by Gasteiger charge is 2.14. The van der Waals surface area contributed by atoms with Gasteiger partial charge in [0.05, 0.1) is 11.3 Å². The third-order valence-electron chi connectivity index (χ3n) is 4.15. The van der Waals surface area contributed by atoms with E-state index in [-0.39, 0.29) is 24.5 Å². The lowest BCUT2D eigenvalue weighted by molar-refractivity contribution is -0.122. The van der Waals surface area contributed by atoms with Gasteiger partial charge in [0.1, 0.15) is 24.7 Å². The first-order valence-electron chi connectivity index (χ1n) is 8.99. The van der Waals surface area contributed by atoms with E-state index in [9.17, 15) is 14.0 Å². The van der Waals surface area contributed by atoms with E-state index in [1.165, 1.54) is 12.1 Å². The van der Waals surface area contributed by atoms with Crippen LogP contribution in [0.25, 0.3) is 0 Å². The largest absolute Gasteiger partial charge is 0.488 e. The average Bonchev–Trinajstić information content (AvgIpc) is 3.02. The van der Waals surface area contributed by atoms with Crippen molar-refractivity contribution >= 4 is 11.8 Å². The third-order valence-corrected chi connectivity index (χ3v) is 4.15. The summed E-state index contributed by atoms with van der Waals surface area (Å²) in [7, 11) is 0. The number of carbonyl (C=O) groups excluding carboxylic acids is 2. The molecule has 8 heteroatoms. The molecule has 0 spiro atoms. The van der Waals surface area contributed by atoms with Crippen molar-refractivity contribution in [1.29, 1.82) is 0 Å². The van der Waals surface area contributed by atoms with E-state index < -0.39 is 11.8 Å². The second-order valence-corrected chi connectivity index (χ2v) is 6.50. The molecule has 0 unspecified atom stereocenters. The molecule has 0 atom stereocenters. The van der Waals surface area contributed by atoms with Crippen molar-refractivity contribution in [3.8, 4) is 5.75 Å². The van der Waals surface area contributed by atoms with Gasteiger partial charge in [-0.25, -0.2) is 4.39 Å². The van der Waals surface area contributed by atoms with Gasteiger partial charge in [-0.3, -0.25) is 25.1 Å². The Morgan fingerprint density at radius 3 is 2.48 bits per heavy atom. The Kier molecular flexibility index (Phi) is 6.23. The highest BCUT2D eigenvalue weighted by atomic mass is 19.1. The highest BCUT2D eigenvalue weighted by Crippen LogP contribution is 2.19. The standard InChI is InChI=1S/C21H21FN4O3/c1-14-11-15(2)26(25-14)12-20(27)23-24-21(28)18-5-3-4-6-19(18)29-13-16-7-9-17(22)10-8-16/h3-11H,12-13H2,1-2H3,(H,23,27)(H,24,28). The summed E-state index contributed by atoms with van der Waals surface area (Å²) >= 11 is 0. The lowest BCUT2D eigenvalue weighted by Gasteiger charge is -2.12. The van der Waals surface area contributed by atoms with Gasteiger partial charge in [-0.15, -0.1) is 0 Å². The number of aromatic nitrogens is 2. The number of benzene rings is 2. The number of nitrogens with zero attached hydrogens (tertiary/aromatic N) is 2. The molecule has 7 nitrogen and oxygen atoms in total. The molecule has 3 rings (SSSR count). The number of hydrogen-bond acceptors (Lipinski definition) is 4. The molecule has 3 aromatic rings. The van der Waals surface area contributed by atoms with E-state index in [4.69, 9.17) is 4.74 Å². The van der Waals surface area contributed by atoms with Crippen molar-refractivity contribution in [3.63, 3.8) is 0 Å². The Bertz CT molecular complexity index is 1020. The minimum atomic E-state index is -0.513. The van der Waals surface area contributed by atoms with Crippen LogP contribution in [0.1, 0.15) is 27.3 Å². The summed E-state index contributed by atoms with van der Waals surface area (Å²) in [6, 6.07) is 14.4. The summed E-state index contributed by atoms with van der Waals surface area (Å²) in [5.74, 6) is -0.900. The first kappa shape index (κ1) is 20.1. The molecular formula is C21H21FN4O3. The number of aryl methyl sites for hydroxylation is 2. The number of hydrazine groups is 1. The van der Waals surface area contributed by atoms with Crippen molar-refractivity contribution in [1.82, 2.24) is 20.6 Å². The zero-order valence-corrected chi connectivity index (χ0v) is 16.1. The predicted molar refractivity (Wildman–Crippen MR) is 104 cm³/mol. The topological polar surface area (TPSA) is 85.2 Å². The van der Waals surface area contributed by atoms with Crippen molar-refractivity contribution in [2.45, 2.75) is 27.0 Å². The van der Waals surface area contributed by atoms with Gasteiger partial charge in [0.25, 0.3) is 11.8 Å². The molecule has 1 aromatic heterocycles. The Balaban J connectivity index is 1.58. The van der Waals surface area contributed by atoms with Gasteiger partial charge in [0.2, 0.25) is 0 Å². The minimum Gasteiger partial charge on any atom is -0.488 e. The number of rotatable bonds is 6. The maximum atomic E-state index is 13.0. The fourth-order valence-electron chi connectivity index (χ4n) is 2.73. The molecule has 1 heterocycles. The lowest BCUT2D eigenvalue weighted by atomic mass is 10.2. The predicted octanol–water partition coefficient (Wildman–Crippen LogP) is 2.68. The monoisotopic (exact) mass is 396 g/mol. The smallest absolute Gasteiger partial charge is 0.273 e. The summed E-state index contributed by atoms with van der Waals surface area (Å²) in [5, 5.41) is 4.21. The zero-order chi connectivity index (χ0) is 20.8. The van der Waals surface area contributed by atoms with E-state index in [1.807, 2.05) is 19.9 Å². The van der Waals surface area contributed by atoms with Crippen LogP contribution >= 0.6 is 0 Å². The number of halogens is 1. The molecule has 2 amide bonds. The Hall–Kier alpha value is -3.68. The first-order valence-corrected chi connectivity index (χ1v) is 8.99. The number of para-hydroxylation sites is 1. The zero-order valence-electron chi connectivity index (χ0n) is 16.1. The fourth-order valence-corrected chi connectivity index (χ4v) is 2.73. The van der Waals surface area contributed by atoms with Crippen LogP contribution in [0, 0.1) is 19.7 Å². The van der Waals surface area contributed by atoms with Crippen molar-refractivity contribution < 1.29 is 18.7 Å². The van der Waals surface area contributed by atoms with Crippen LogP contribution in [-0.4, -0.2) is 21.6 Å². The third kappa shape index (κ3) is 5.41. The van der Waals surface area contributed by atoms with Crippen LogP contribution in [0.15, 0.2) is 54.6 Å². The summed E-state index contributed by atoms with van der Waals surface area (Å²) < 4.78 is 20.2. The molecule has 0 aliphatic heterocycles. The number of hydrogen-bond donors (Lipinski definition) is 2. The SMILES string of the molecule is Cc1cc(C)n(CC(=O)NNC(=O)c2ccccc2OCc2ccc(F)cc2)n1. The van der Waals surface area contributed by atoms with Crippen LogP contribution in [0.5, 0.6) is 5.75 Å². The van der Waals surface area contributed by atoms with Gasteiger partial charge >= 0.3 is 0 Å². The quantitative estimate of drug-likeness (QED) is 0.628. The van der Waals surface area contributed by atoms with Crippen LogP contribution in [0.3, 0.4) is 0 Å². The molecule has 0 saturated heterocycles. The maximum Gasteiger partial charge on any atom is 0.273 e. The maximum absolute atomic E-state index is 13.0. The van der Waals surface area contributed by atoms with E-state index in [1.54, 1.807) is 41.1 Å². The molecular weight excluding hydrogens is 375 g/mol. The van der Waals surface area contributed by atoms with E-state index in [2.05, 4.69) is 16.0 Å². The molecule has 0 fully saturated rings. The molecule has 0 aliphatic carbocycles. The second-order valence-electron chi connectivity index (χ2n) is 6.50. The number of carbonyl (C=O) groups is 2. The minimum absolute atomic E-state index is 0.0112. The molecule has 2 N–H and O–H groups in total. The summed E-state index contributed by atoms with van der Waals surface area (Å²) in [6.07, 6.45) is 0. The van der Waals surface area contributed by atoms with Crippen LogP contribution in [-0.2, 0) is 17.9 Å². The second kappa shape index (κ2) is 9.01. The van der Waals surface area contributed by atoms with Gasteiger partial charge in [-0.1, -0.05) is 24.3 Å². The van der Waals surface area contributed by atoms with E-state index >= 15 is 0 Å². The Morgan fingerprint density at radius 2 is 1.79 bits per heavy atom. The summed E-state index contributed by atoms with van der Waals surface area (Å²) in [4.78, 5) is 24.6. The first-order chi connectivity index (χ1) is 13.9. The molecule has 29 heavy (non-hydrogen) atoms. The molecule has 150 valence electrons. The summed E-state index contributed by atoms with van der Waals surface area (Å²) in [5.41, 5.74) is 7.45. The van der Waals surface area contributed by atoms with E-state index in [0.717, 1.165) is 17.0 Å². The van der Waals surface area contributed by atoms with Crippen LogP contribution in [0.4, 0.5) is 4.39 Å². The van der Waals surface area contributed by atoms with Gasteiger partial charge in [0.15, 0.2) is 0 Å². The van der Waals surface area contributed by atoms with Crippen molar-refractivity contribution in [3.05, 3.63) is 82.9 Å².